The Labute approximate surface area is 407 Å². The second kappa shape index (κ2) is 22.8. The molecule has 0 radical (unpaired) electrons. The zero-order valence-corrected chi connectivity index (χ0v) is 42.6. The molecule has 4 fully saturated rings. The molecule has 4 saturated heterocycles. The lowest BCUT2D eigenvalue weighted by Crippen LogP contribution is -2.58. The molecule has 0 aromatic carbocycles. The molecular weight excluding hydrogens is 919 g/mol. The normalized spacial score (nSPS) is 43.6. The lowest BCUT2D eigenvalue weighted by molar-refractivity contribution is -0.317. The number of carbonyl (C=O) groups is 1. The molecule has 7 rings (SSSR count). The predicted molar refractivity (Wildman–Crippen MR) is 250 cm³/mol. The van der Waals surface area contributed by atoms with Crippen LogP contribution in [0.4, 0.5) is 0 Å². The van der Waals surface area contributed by atoms with Gasteiger partial charge in [0.25, 0.3) is 0 Å². The number of rotatable bonds is 13. The van der Waals surface area contributed by atoms with Crippen molar-refractivity contribution in [3.63, 3.8) is 0 Å². The molecule has 19 heteroatoms. The molecule has 0 aromatic heterocycles. The van der Waals surface area contributed by atoms with Crippen LogP contribution in [0.1, 0.15) is 93.9 Å². The van der Waals surface area contributed by atoms with Crippen LogP contribution < -0.4 is 4.72 Å². The van der Waals surface area contributed by atoms with Crippen molar-refractivity contribution in [3.05, 3.63) is 59.3 Å². The number of hydrogen-bond donors (Lipinski definition) is 4. The summed E-state index contributed by atoms with van der Waals surface area (Å²) in [6, 6.07) is 0. The van der Waals surface area contributed by atoms with Gasteiger partial charge in [0.2, 0.25) is 0 Å². The van der Waals surface area contributed by atoms with Crippen molar-refractivity contribution in [2.75, 3.05) is 34.0 Å². The SMILES string of the molecule is CCC(C)[C@H]1O[C@]2(C=C[C@@H]1C)C[C@@H]1C[C@@H](CC=C(C)[C@@H](O[C@H]3C[C@H](OC)[C@@H](O[C@H]4C[C@H](OC)[C@@H](OS(=O)(=O)NCCO)[C@H](C)O4)[C@H](C)O3)[C@@H](C)C=CC=C3CO[C@@H]4[C@H](O)C(C)=C[C@@H](C(=O)O1)[C@]34O)O2. The molecule has 1 unspecified atom stereocenters. The molecule has 18 nitrogen and oxygen atoms in total. The first-order chi connectivity index (χ1) is 32.7. The lowest BCUT2D eigenvalue weighted by Gasteiger charge is -2.48. The van der Waals surface area contributed by atoms with Crippen LogP contribution >= 0.6 is 0 Å². The van der Waals surface area contributed by atoms with Gasteiger partial charge in [0.1, 0.15) is 42.0 Å². The van der Waals surface area contributed by atoms with Crippen LogP contribution in [0.25, 0.3) is 0 Å². The maximum Gasteiger partial charge on any atom is 0.336 e. The van der Waals surface area contributed by atoms with Gasteiger partial charge in [-0.15, -0.1) is 0 Å². The first kappa shape index (κ1) is 54.3. The van der Waals surface area contributed by atoms with Crippen molar-refractivity contribution < 1.29 is 80.1 Å². The average Bonchev–Trinajstić information content (AvgIpc) is 3.65. The zero-order valence-electron chi connectivity index (χ0n) is 41.8. The lowest BCUT2D eigenvalue weighted by atomic mass is 9.71. The van der Waals surface area contributed by atoms with Gasteiger partial charge in [-0.05, 0) is 62.8 Å². The maximum atomic E-state index is 14.4. The molecule has 7 aliphatic rings. The molecule has 0 aromatic rings. The summed E-state index contributed by atoms with van der Waals surface area (Å²) < 4.78 is 96.7. The van der Waals surface area contributed by atoms with Crippen molar-refractivity contribution in [3.8, 4) is 0 Å². The van der Waals surface area contributed by atoms with Crippen molar-refractivity contribution >= 4 is 16.3 Å². The summed E-state index contributed by atoms with van der Waals surface area (Å²) in [6.45, 7) is 15.2. The average molecular weight is 996 g/mol. The summed E-state index contributed by atoms with van der Waals surface area (Å²) >= 11 is 0. The van der Waals surface area contributed by atoms with Crippen molar-refractivity contribution in [1.29, 1.82) is 0 Å². The molecule has 1 aliphatic carbocycles. The van der Waals surface area contributed by atoms with Crippen molar-refractivity contribution in [2.45, 2.75) is 191 Å². The van der Waals surface area contributed by atoms with Crippen molar-refractivity contribution in [1.82, 2.24) is 4.72 Å². The van der Waals surface area contributed by atoms with E-state index >= 15 is 0 Å². The van der Waals surface area contributed by atoms with Crippen LogP contribution in [0.5, 0.6) is 0 Å². The Morgan fingerprint density at radius 1 is 0.913 bits per heavy atom. The smallest absolute Gasteiger partial charge is 0.336 e. The molecule has 6 heterocycles. The highest BCUT2D eigenvalue weighted by Gasteiger charge is 2.60. The highest BCUT2D eigenvalue weighted by atomic mass is 32.2. The van der Waals surface area contributed by atoms with E-state index in [4.69, 9.17) is 56.7 Å². The number of methoxy groups -OCH3 is 2. The van der Waals surface area contributed by atoms with Crippen LogP contribution in [-0.2, 0) is 66.7 Å². The molecular formula is C50H77NO17S. The zero-order chi connectivity index (χ0) is 50.0. The Morgan fingerprint density at radius 2 is 1.59 bits per heavy atom. The number of allylic oxidation sites excluding steroid dienone is 2. The third kappa shape index (κ3) is 12.0. The highest BCUT2D eigenvalue weighted by molar-refractivity contribution is 7.84. The van der Waals surface area contributed by atoms with Gasteiger partial charge in [-0.3, -0.25) is 4.79 Å². The molecule has 1 spiro atoms. The van der Waals surface area contributed by atoms with Crippen LogP contribution in [0.3, 0.4) is 0 Å². The van der Waals surface area contributed by atoms with Gasteiger partial charge in [-0.25, -0.2) is 4.18 Å². The fourth-order valence-electron chi connectivity index (χ4n) is 11.0. The van der Waals surface area contributed by atoms with Gasteiger partial charge in [-0.2, -0.15) is 13.1 Å². The van der Waals surface area contributed by atoms with Gasteiger partial charge in [0.15, 0.2) is 18.4 Å². The van der Waals surface area contributed by atoms with Gasteiger partial charge < -0.3 is 62.7 Å². The van der Waals surface area contributed by atoms with E-state index in [0.717, 1.165) is 12.0 Å². The number of esters is 1. The summed E-state index contributed by atoms with van der Waals surface area (Å²) in [5.41, 5.74) is 0.00628. The Kier molecular flexibility index (Phi) is 17.9. The summed E-state index contributed by atoms with van der Waals surface area (Å²) in [4.78, 5) is 14.4. The van der Waals surface area contributed by atoms with Crippen LogP contribution in [-0.4, -0.2) is 161 Å². The van der Waals surface area contributed by atoms with E-state index in [1.807, 2.05) is 39.0 Å². The van der Waals surface area contributed by atoms with E-state index in [9.17, 15) is 23.4 Å². The number of aliphatic hydroxyl groups is 3. The van der Waals surface area contributed by atoms with Crippen LogP contribution in [0, 0.1) is 23.7 Å². The Balaban J connectivity index is 1.13. The van der Waals surface area contributed by atoms with E-state index in [1.165, 1.54) is 7.11 Å². The number of carbonyl (C=O) groups excluding carboxylic acids is 1. The molecule has 20 atom stereocenters. The van der Waals surface area contributed by atoms with E-state index < -0.39 is 113 Å². The fourth-order valence-corrected chi connectivity index (χ4v) is 12.0. The predicted octanol–water partition coefficient (Wildman–Crippen LogP) is 4.23. The first-order valence-corrected chi connectivity index (χ1v) is 26.1. The fraction of sp³-hybridized carbons (Fsp3) is 0.780. The summed E-state index contributed by atoms with van der Waals surface area (Å²) in [5.74, 6) is -2.75. The van der Waals surface area contributed by atoms with E-state index in [-0.39, 0.29) is 56.5 Å². The third-order valence-electron chi connectivity index (χ3n) is 15.1. The van der Waals surface area contributed by atoms with Gasteiger partial charge in [0.05, 0.1) is 55.9 Å². The van der Waals surface area contributed by atoms with Crippen LogP contribution in [0.2, 0.25) is 0 Å². The van der Waals surface area contributed by atoms with Crippen LogP contribution in [0.15, 0.2) is 59.3 Å². The Bertz CT molecular complexity index is 2040. The van der Waals surface area contributed by atoms with Gasteiger partial charge in [0, 0.05) is 58.3 Å². The second-order valence-corrected chi connectivity index (χ2v) is 21.5. The van der Waals surface area contributed by atoms with Crippen molar-refractivity contribution in [2.24, 2.45) is 23.7 Å². The number of hydrogen-bond acceptors (Lipinski definition) is 17. The Morgan fingerprint density at radius 3 is 2.28 bits per heavy atom. The molecule has 4 N–H and O–H groups in total. The molecule has 2 bridgehead atoms. The molecule has 390 valence electrons. The second-order valence-electron chi connectivity index (χ2n) is 20.1. The maximum absolute atomic E-state index is 14.4. The molecule has 0 saturated carbocycles. The summed E-state index contributed by atoms with van der Waals surface area (Å²) in [5, 5.41) is 32.9. The topological polar surface area (TPSA) is 225 Å². The largest absolute Gasteiger partial charge is 0.462 e. The minimum atomic E-state index is -4.19. The monoisotopic (exact) mass is 995 g/mol. The minimum absolute atomic E-state index is 0.00251. The number of ether oxygens (including phenoxy) is 10. The number of aliphatic hydroxyl groups excluding tert-OH is 2. The highest BCUT2D eigenvalue weighted by Crippen LogP contribution is 2.47. The molecule has 69 heavy (non-hydrogen) atoms. The molecule has 0 amide bonds. The summed E-state index contributed by atoms with van der Waals surface area (Å²) in [7, 11) is -1.13. The van der Waals surface area contributed by atoms with E-state index in [2.05, 4.69) is 37.6 Å². The first-order valence-electron chi connectivity index (χ1n) is 24.7. The third-order valence-corrected chi connectivity index (χ3v) is 16.1. The van der Waals surface area contributed by atoms with E-state index in [0.29, 0.717) is 30.4 Å². The molecule has 6 aliphatic heterocycles. The Hall–Kier alpha value is -2.44. The van der Waals surface area contributed by atoms with Gasteiger partial charge in [-0.1, -0.05) is 70.6 Å². The number of fused-ring (bicyclic) bond motifs is 2. The van der Waals surface area contributed by atoms with E-state index in [1.54, 1.807) is 33.1 Å². The standard InChI is InChI=1S/C50H77NO17S/c1-11-27(2)44-30(5)17-18-49(67-44)25-36-22-35(66-49)16-15-29(4)43(28(3)13-12-14-34-26-60-47-42(53)31(6)21-37(48(54)63-36)50(34,47)55)64-40-23-38(58-9)45(32(7)61-40)65-41-24-39(59-10)46(33(8)62-41)68-69(56,57)51-19-20-52/h12-15,17-18,21,27-28,30,32-33,35-47,51-53,55H,11,16,19-20,22-26H2,1-10H3/t27?,28-,30-,32-,33-,35+,36-,37-,38-,39-,40-,41-,42+,43-,44+,45-,46-,47+,49+,50+/m0/s1. The van der Waals surface area contributed by atoms with Gasteiger partial charge >= 0.3 is 16.3 Å². The minimum Gasteiger partial charge on any atom is -0.462 e. The quantitative estimate of drug-likeness (QED) is 0.150. The summed E-state index contributed by atoms with van der Waals surface area (Å²) in [6.07, 6.45) is 6.35. The number of nitrogens with one attached hydrogen (secondary N) is 1.